The number of alkyl halides is 3. The molecule has 0 saturated carbocycles. The Bertz CT molecular complexity index is 1120. The number of carbonyl (C=O) groups excluding carboxylic acids is 1. The van der Waals surface area contributed by atoms with Gasteiger partial charge in [0.25, 0.3) is 5.91 Å². The predicted molar refractivity (Wildman–Crippen MR) is 105 cm³/mol. The molecule has 0 N–H and O–H groups in total. The second-order valence-electron chi connectivity index (χ2n) is 6.90. The van der Waals surface area contributed by atoms with Crippen molar-refractivity contribution < 1.29 is 18.0 Å². The molecular formula is C21H16ClF3N4O. The van der Waals surface area contributed by atoms with Crippen LogP contribution in [0.4, 0.5) is 13.2 Å². The minimum Gasteiger partial charge on any atom is -0.332 e. The van der Waals surface area contributed by atoms with Crippen LogP contribution < -0.4 is 0 Å². The summed E-state index contributed by atoms with van der Waals surface area (Å²) >= 11 is 5.94. The summed E-state index contributed by atoms with van der Waals surface area (Å²) < 4.78 is 39.4. The van der Waals surface area contributed by atoms with E-state index in [0.717, 1.165) is 11.6 Å². The Labute approximate surface area is 175 Å². The monoisotopic (exact) mass is 432 g/mol. The minimum atomic E-state index is -4.64. The van der Waals surface area contributed by atoms with Crippen molar-refractivity contribution in [2.24, 2.45) is 0 Å². The largest absolute Gasteiger partial charge is 0.417 e. The normalized spacial score (nSPS) is 13.8. The summed E-state index contributed by atoms with van der Waals surface area (Å²) in [5.41, 5.74) is 1.76. The van der Waals surface area contributed by atoms with Gasteiger partial charge < -0.3 is 4.90 Å². The fourth-order valence-corrected chi connectivity index (χ4v) is 3.84. The SMILES string of the molecule is Cc1nc2c(c(-c3ccccn3)n1)CCN(C(=O)c1cccc(C(F)(F)F)c1Cl)C2. The Hall–Kier alpha value is -3.00. The Morgan fingerprint density at radius 1 is 1.13 bits per heavy atom. The van der Waals surface area contributed by atoms with E-state index >= 15 is 0 Å². The number of aromatic nitrogens is 3. The van der Waals surface area contributed by atoms with Crippen LogP contribution in [0, 0.1) is 6.92 Å². The van der Waals surface area contributed by atoms with E-state index in [4.69, 9.17) is 11.6 Å². The van der Waals surface area contributed by atoms with Crippen LogP contribution in [-0.2, 0) is 19.1 Å². The van der Waals surface area contributed by atoms with Gasteiger partial charge in [0.15, 0.2) is 0 Å². The van der Waals surface area contributed by atoms with Crippen molar-refractivity contribution in [1.82, 2.24) is 19.9 Å². The lowest BCUT2D eigenvalue weighted by Gasteiger charge is -2.29. The van der Waals surface area contributed by atoms with Gasteiger partial charge in [-0.3, -0.25) is 9.78 Å². The lowest BCUT2D eigenvalue weighted by Crippen LogP contribution is -2.37. The summed E-state index contributed by atoms with van der Waals surface area (Å²) in [4.78, 5) is 27.7. The van der Waals surface area contributed by atoms with Gasteiger partial charge in [0.1, 0.15) is 5.82 Å². The van der Waals surface area contributed by atoms with Gasteiger partial charge in [-0.2, -0.15) is 13.2 Å². The van der Waals surface area contributed by atoms with E-state index in [-0.39, 0.29) is 12.1 Å². The van der Waals surface area contributed by atoms with Crippen molar-refractivity contribution in [2.75, 3.05) is 6.54 Å². The molecule has 0 radical (unpaired) electrons. The summed E-state index contributed by atoms with van der Waals surface area (Å²) in [6.45, 7) is 2.21. The average molecular weight is 433 g/mol. The molecule has 154 valence electrons. The van der Waals surface area contributed by atoms with Crippen LogP contribution in [0.25, 0.3) is 11.4 Å². The third-order valence-corrected chi connectivity index (χ3v) is 5.31. The first kappa shape index (κ1) is 20.3. The second-order valence-corrected chi connectivity index (χ2v) is 7.28. The number of fused-ring (bicyclic) bond motifs is 1. The van der Waals surface area contributed by atoms with Crippen LogP contribution in [0.15, 0.2) is 42.6 Å². The standard InChI is InChI=1S/C21H16ClF3N4O/c1-12-27-17-11-29(10-8-13(17)19(28-12)16-7-2-3-9-26-16)20(30)14-5-4-6-15(18(14)22)21(23,24)25/h2-7,9H,8,10-11H2,1H3. The lowest BCUT2D eigenvalue weighted by molar-refractivity contribution is -0.137. The maximum atomic E-state index is 13.1. The molecule has 0 unspecified atom stereocenters. The number of hydrogen-bond acceptors (Lipinski definition) is 4. The van der Waals surface area contributed by atoms with E-state index in [0.29, 0.717) is 35.9 Å². The molecule has 30 heavy (non-hydrogen) atoms. The van der Waals surface area contributed by atoms with Crippen LogP contribution in [0.5, 0.6) is 0 Å². The molecule has 1 amide bonds. The molecule has 3 aromatic rings. The molecule has 1 aliphatic heterocycles. The molecule has 0 atom stereocenters. The van der Waals surface area contributed by atoms with Crippen molar-refractivity contribution in [2.45, 2.75) is 26.1 Å². The van der Waals surface area contributed by atoms with Gasteiger partial charge >= 0.3 is 6.18 Å². The average Bonchev–Trinajstić information content (AvgIpc) is 2.72. The molecule has 0 aliphatic carbocycles. The third-order valence-electron chi connectivity index (χ3n) is 4.91. The highest BCUT2D eigenvalue weighted by Crippen LogP contribution is 2.37. The highest BCUT2D eigenvalue weighted by Gasteiger charge is 2.36. The maximum Gasteiger partial charge on any atom is 0.417 e. The Morgan fingerprint density at radius 2 is 1.93 bits per heavy atom. The zero-order valence-electron chi connectivity index (χ0n) is 15.9. The maximum absolute atomic E-state index is 13.1. The summed E-state index contributed by atoms with van der Waals surface area (Å²) in [5.74, 6) is -0.0341. The fourth-order valence-electron chi connectivity index (χ4n) is 3.53. The topological polar surface area (TPSA) is 59.0 Å². The Balaban J connectivity index is 1.68. The van der Waals surface area contributed by atoms with Gasteiger partial charge in [-0.1, -0.05) is 23.7 Å². The Kier molecular flexibility index (Phi) is 5.19. The Morgan fingerprint density at radius 3 is 2.63 bits per heavy atom. The second kappa shape index (κ2) is 7.68. The van der Waals surface area contributed by atoms with E-state index in [1.165, 1.54) is 17.0 Å². The molecule has 4 rings (SSSR count). The fraction of sp³-hybridized carbons (Fsp3) is 0.238. The van der Waals surface area contributed by atoms with Gasteiger partial charge in [-0.25, -0.2) is 9.97 Å². The number of benzene rings is 1. The molecule has 2 aromatic heterocycles. The highest BCUT2D eigenvalue weighted by atomic mass is 35.5. The summed E-state index contributed by atoms with van der Waals surface area (Å²) in [7, 11) is 0. The van der Waals surface area contributed by atoms with Crippen molar-refractivity contribution >= 4 is 17.5 Å². The van der Waals surface area contributed by atoms with Crippen LogP contribution in [-0.4, -0.2) is 32.3 Å². The first-order valence-electron chi connectivity index (χ1n) is 9.18. The quantitative estimate of drug-likeness (QED) is 0.588. The van der Waals surface area contributed by atoms with Crippen molar-refractivity contribution in [3.05, 3.63) is 75.8 Å². The first-order valence-corrected chi connectivity index (χ1v) is 9.56. The van der Waals surface area contributed by atoms with Gasteiger partial charge in [-0.15, -0.1) is 0 Å². The predicted octanol–water partition coefficient (Wildman–Crippen LogP) is 4.72. The van der Waals surface area contributed by atoms with Crippen LogP contribution >= 0.6 is 11.6 Å². The highest BCUT2D eigenvalue weighted by molar-refractivity contribution is 6.34. The van der Waals surface area contributed by atoms with E-state index in [9.17, 15) is 18.0 Å². The zero-order valence-corrected chi connectivity index (χ0v) is 16.6. The number of pyridine rings is 1. The van der Waals surface area contributed by atoms with Crippen molar-refractivity contribution in [3.8, 4) is 11.4 Å². The summed E-state index contributed by atoms with van der Waals surface area (Å²) in [6, 6.07) is 8.87. The van der Waals surface area contributed by atoms with Gasteiger partial charge in [0, 0.05) is 18.3 Å². The summed E-state index contributed by atoms with van der Waals surface area (Å²) in [6.07, 6.45) is -2.50. The molecule has 1 aromatic carbocycles. The number of aryl methyl sites for hydroxylation is 1. The van der Waals surface area contributed by atoms with Gasteiger partial charge in [0.05, 0.1) is 39.8 Å². The number of nitrogens with zero attached hydrogens (tertiary/aromatic N) is 4. The molecule has 0 bridgehead atoms. The van der Waals surface area contributed by atoms with E-state index in [1.807, 2.05) is 18.2 Å². The number of halogens is 4. The molecule has 0 spiro atoms. The van der Waals surface area contributed by atoms with E-state index in [1.54, 1.807) is 13.1 Å². The third kappa shape index (κ3) is 3.75. The molecule has 3 heterocycles. The van der Waals surface area contributed by atoms with Gasteiger partial charge in [0.2, 0.25) is 0 Å². The molecule has 9 heteroatoms. The van der Waals surface area contributed by atoms with Crippen molar-refractivity contribution in [1.29, 1.82) is 0 Å². The first-order chi connectivity index (χ1) is 14.3. The van der Waals surface area contributed by atoms with E-state index < -0.39 is 22.7 Å². The van der Waals surface area contributed by atoms with Crippen LogP contribution in [0.1, 0.15) is 33.0 Å². The van der Waals surface area contributed by atoms with E-state index in [2.05, 4.69) is 15.0 Å². The molecular weight excluding hydrogens is 417 g/mol. The van der Waals surface area contributed by atoms with Crippen LogP contribution in [0.2, 0.25) is 5.02 Å². The zero-order chi connectivity index (χ0) is 21.5. The molecule has 1 aliphatic rings. The number of amides is 1. The smallest absolute Gasteiger partial charge is 0.332 e. The minimum absolute atomic E-state index is 0.157. The van der Waals surface area contributed by atoms with Crippen molar-refractivity contribution in [3.63, 3.8) is 0 Å². The molecule has 5 nitrogen and oxygen atoms in total. The number of carbonyl (C=O) groups is 1. The van der Waals surface area contributed by atoms with Gasteiger partial charge in [-0.05, 0) is 37.6 Å². The lowest BCUT2D eigenvalue weighted by atomic mass is 9.99. The molecule has 0 fully saturated rings. The summed E-state index contributed by atoms with van der Waals surface area (Å²) in [5, 5.41) is -0.589. The number of hydrogen-bond donors (Lipinski definition) is 0. The molecule has 0 saturated heterocycles. The number of rotatable bonds is 2. The van der Waals surface area contributed by atoms with Crippen LogP contribution in [0.3, 0.4) is 0 Å².